The Morgan fingerprint density at radius 2 is 2.50 bits per heavy atom. The minimum absolute atomic E-state index is 0.253. The molecule has 0 amide bonds. The molecule has 0 bridgehead atoms. The minimum Gasteiger partial charge on any atom is -0.395 e. The number of thioether (sulfide) groups is 1. The quantitative estimate of drug-likeness (QED) is 0.792. The van der Waals surface area contributed by atoms with E-state index in [9.17, 15) is 0 Å². The minimum atomic E-state index is 0.253. The van der Waals surface area contributed by atoms with Gasteiger partial charge >= 0.3 is 0 Å². The molecule has 78 valence electrons. The Hall–Kier alpha value is -0.100. The highest BCUT2D eigenvalue weighted by Gasteiger charge is 2.19. The second-order valence-corrected chi connectivity index (χ2v) is 5.44. The Morgan fingerprint density at radius 1 is 1.64 bits per heavy atom. The van der Waals surface area contributed by atoms with Gasteiger partial charge in [0.15, 0.2) is 0 Å². The van der Waals surface area contributed by atoms with Gasteiger partial charge in [0.2, 0.25) is 0 Å². The summed E-state index contributed by atoms with van der Waals surface area (Å²) in [5.74, 6) is 0. The van der Waals surface area contributed by atoms with Crippen LogP contribution in [-0.4, -0.2) is 40.9 Å². The predicted molar refractivity (Wildman–Crippen MR) is 60.0 cm³/mol. The number of aromatic nitrogens is 1. The highest BCUT2D eigenvalue weighted by Crippen LogP contribution is 2.29. The third-order valence-corrected chi connectivity index (χ3v) is 4.45. The zero-order valence-electron chi connectivity index (χ0n) is 8.19. The van der Waals surface area contributed by atoms with Gasteiger partial charge in [0.25, 0.3) is 0 Å². The molecule has 0 radical (unpaired) electrons. The fourth-order valence-corrected chi connectivity index (χ4v) is 3.36. The molecule has 2 rings (SSSR count). The number of fused-ring (bicyclic) bond motifs is 1. The lowest BCUT2D eigenvalue weighted by Crippen LogP contribution is -2.32. The molecule has 0 fully saturated rings. The van der Waals surface area contributed by atoms with Gasteiger partial charge in [-0.05, 0) is 6.26 Å². The van der Waals surface area contributed by atoms with Crippen LogP contribution in [0, 0.1) is 0 Å². The van der Waals surface area contributed by atoms with E-state index < -0.39 is 0 Å². The number of aliphatic hydroxyl groups excluding tert-OH is 1. The molecule has 0 atom stereocenters. The normalized spacial score (nSPS) is 17.0. The molecule has 0 saturated heterocycles. The van der Waals surface area contributed by atoms with Crippen LogP contribution in [0.5, 0.6) is 0 Å². The third kappa shape index (κ3) is 2.11. The number of hydrogen-bond acceptors (Lipinski definition) is 5. The molecule has 0 aromatic carbocycles. The van der Waals surface area contributed by atoms with Crippen LogP contribution in [0.1, 0.15) is 10.6 Å². The lowest BCUT2D eigenvalue weighted by molar-refractivity contribution is 0.185. The summed E-state index contributed by atoms with van der Waals surface area (Å²) >= 11 is 3.51. The van der Waals surface area contributed by atoms with Crippen molar-refractivity contribution < 1.29 is 5.11 Å². The average Bonchev–Trinajstić information content (AvgIpc) is 2.60. The van der Waals surface area contributed by atoms with Crippen molar-refractivity contribution in [3.8, 4) is 0 Å². The van der Waals surface area contributed by atoms with Crippen molar-refractivity contribution in [1.29, 1.82) is 0 Å². The van der Waals surface area contributed by atoms with Crippen LogP contribution in [0.3, 0.4) is 0 Å². The first kappa shape index (κ1) is 10.4. The van der Waals surface area contributed by atoms with Crippen LogP contribution in [0.15, 0.2) is 4.34 Å². The molecule has 2 heterocycles. The maximum atomic E-state index is 8.86. The molecule has 0 aliphatic carbocycles. The monoisotopic (exact) mass is 230 g/mol. The molecule has 1 aliphatic heterocycles. The number of β-amino-alcohol motifs (C(OH)–C–C–N with tert-alkyl or cyclic N) is 1. The van der Waals surface area contributed by atoms with Gasteiger partial charge in [-0.25, -0.2) is 4.98 Å². The summed E-state index contributed by atoms with van der Waals surface area (Å²) in [5.41, 5.74) is 1.27. The van der Waals surface area contributed by atoms with E-state index in [2.05, 4.69) is 16.1 Å². The molecule has 5 heteroatoms. The van der Waals surface area contributed by atoms with E-state index in [1.807, 2.05) is 0 Å². The smallest absolute Gasteiger partial charge is 0.150 e. The molecule has 1 aromatic rings. The number of rotatable bonds is 3. The molecule has 0 spiro atoms. The van der Waals surface area contributed by atoms with Gasteiger partial charge in [0, 0.05) is 30.9 Å². The molecule has 14 heavy (non-hydrogen) atoms. The highest BCUT2D eigenvalue weighted by molar-refractivity contribution is 8.00. The number of nitrogens with zero attached hydrogens (tertiary/aromatic N) is 2. The summed E-state index contributed by atoms with van der Waals surface area (Å²) in [5, 5.41) is 8.86. The maximum absolute atomic E-state index is 8.86. The number of aliphatic hydroxyl groups is 1. The molecular formula is C9H14N2OS2. The van der Waals surface area contributed by atoms with Gasteiger partial charge in [-0.3, -0.25) is 4.90 Å². The summed E-state index contributed by atoms with van der Waals surface area (Å²) in [6, 6.07) is 0. The Kier molecular flexibility index (Phi) is 3.43. The first-order valence-corrected chi connectivity index (χ1v) is 6.73. The molecule has 0 saturated carbocycles. The van der Waals surface area contributed by atoms with E-state index in [4.69, 9.17) is 5.11 Å². The SMILES string of the molecule is CSc1nc2c(s1)CN(CCO)CC2. The third-order valence-electron chi connectivity index (χ3n) is 2.38. The summed E-state index contributed by atoms with van der Waals surface area (Å²) in [6.45, 7) is 3.04. The van der Waals surface area contributed by atoms with Crippen LogP contribution in [0.2, 0.25) is 0 Å². The van der Waals surface area contributed by atoms with Crippen molar-refractivity contribution in [2.24, 2.45) is 0 Å². The lowest BCUT2D eigenvalue weighted by Gasteiger charge is -2.24. The Bertz CT molecular complexity index is 314. The van der Waals surface area contributed by atoms with Crippen molar-refractivity contribution >= 4 is 23.1 Å². The van der Waals surface area contributed by atoms with Crippen LogP contribution >= 0.6 is 23.1 Å². The predicted octanol–water partition coefficient (Wildman–Crippen LogP) is 1.22. The average molecular weight is 230 g/mol. The summed E-state index contributed by atoms with van der Waals surface area (Å²) in [4.78, 5) is 8.22. The van der Waals surface area contributed by atoms with Gasteiger partial charge in [-0.2, -0.15) is 0 Å². The Balaban J connectivity index is 2.09. The van der Waals surface area contributed by atoms with Crippen molar-refractivity contribution in [1.82, 2.24) is 9.88 Å². The van der Waals surface area contributed by atoms with E-state index in [1.54, 1.807) is 23.1 Å². The van der Waals surface area contributed by atoms with Gasteiger partial charge in [0.05, 0.1) is 12.3 Å². The van der Waals surface area contributed by atoms with E-state index in [-0.39, 0.29) is 6.61 Å². The summed E-state index contributed by atoms with van der Waals surface area (Å²) < 4.78 is 1.17. The molecule has 0 unspecified atom stereocenters. The van der Waals surface area contributed by atoms with Crippen LogP contribution < -0.4 is 0 Å². The summed E-state index contributed by atoms with van der Waals surface area (Å²) in [7, 11) is 0. The standard InChI is InChI=1S/C9H14N2OS2/c1-13-9-10-7-2-3-11(4-5-12)6-8(7)14-9/h12H,2-6H2,1H3. The van der Waals surface area contributed by atoms with Gasteiger partial charge in [0.1, 0.15) is 4.34 Å². The Morgan fingerprint density at radius 3 is 3.21 bits per heavy atom. The first-order chi connectivity index (χ1) is 6.83. The topological polar surface area (TPSA) is 36.4 Å². The van der Waals surface area contributed by atoms with Crippen molar-refractivity contribution in [3.63, 3.8) is 0 Å². The van der Waals surface area contributed by atoms with Crippen molar-refractivity contribution in [2.45, 2.75) is 17.3 Å². The molecule has 1 N–H and O–H groups in total. The first-order valence-electron chi connectivity index (χ1n) is 4.69. The van der Waals surface area contributed by atoms with E-state index in [1.165, 1.54) is 14.9 Å². The van der Waals surface area contributed by atoms with Gasteiger partial charge in [-0.15, -0.1) is 11.3 Å². The van der Waals surface area contributed by atoms with E-state index in [0.717, 1.165) is 26.1 Å². The number of hydrogen-bond donors (Lipinski definition) is 1. The molecule has 1 aromatic heterocycles. The molecule has 1 aliphatic rings. The molecule has 3 nitrogen and oxygen atoms in total. The second kappa shape index (κ2) is 4.61. The van der Waals surface area contributed by atoms with Crippen LogP contribution in [0.4, 0.5) is 0 Å². The molecular weight excluding hydrogens is 216 g/mol. The largest absolute Gasteiger partial charge is 0.395 e. The highest BCUT2D eigenvalue weighted by atomic mass is 32.2. The lowest BCUT2D eigenvalue weighted by atomic mass is 10.2. The number of thiazole rings is 1. The Labute approximate surface area is 92.2 Å². The van der Waals surface area contributed by atoms with Gasteiger partial charge < -0.3 is 5.11 Å². The van der Waals surface area contributed by atoms with Crippen molar-refractivity contribution in [2.75, 3.05) is 26.0 Å². The zero-order valence-corrected chi connectivity index (χ0v) is 9.83. The van der Waals surface area contributed by atoms with Crippen LogP contribution in [0.25, 0.3) is 0 Å². The zero-order chi connectivity index (χ0) is 9.97. The van der Waals surface area contributed by atoms with Crippen LogP contribution in [-0.2, 0) is 13.0 Å². The maximum Gasteiger partial charge on any atom is 0.150 e. The van der Waals surface area contributed by atoms with Crippen molar-refractivity contribution in [3.05, 3.63) is 10.6 Å². The van der Waals surface area contributed by atoms with Gasteiger partial charge in [-0.1, -0.05) is 11.8 Å². The van der Waals surface area contributed by atoms with E-state index in [0.29, 0.717) is 0 Å². The van der Waals surface area contributed by atoms with E-state index >= 15 is 0 Å². The summed E-state index contributed by atoms with van der Waals surface area (Å²) in [6.07, 6.45) is 3.10. The second-order valence-electron chi connectivity index (χ2n) is 3.30. The fraction of sp³-hybridized carbons (Fsp3) is 0.667. The fourth-order valence-electron chi connectivity index (χ4n) is 1.64.